The van der Waals surface area contributed by atoms with Gasteiger partial charge in [-0.05, 0) is 84.3 Å². The Morgan fingerprint density at radius 2 is 0.788 bits per heavy atom. The van der Waals surface area contributed by atoms with Crippen LogP contribution in [0.5, 0.6) is 23.0 Å². The highest BCUT2D eigenvalue weighted by atomic mass is 16.5. The molecule has 0 radical (unpaired) electrons. The Balaban J connectivity index is 1.51. The highest BCUT2D eigenvalue weighted by Crippen LogP contribution is 2.47. The monoisotopic (exact) mass is 884 g/mol. The number of para-hydroxylation sites is 2. The molecule has 5 aromatic carbocycles. The van der Waals surface area contributed by atoms with Gasteiger partial charge in [0.2, 0.25) is 0 Å². The fourth-order valence-electron chi connectivity index (χ4n) is 8.38. The fourth-order valence-corrected chi connectivity index (χ4v) is 8.38. The fraction of sp³-hybridized carbons (Fsp3) is 0.345. The van der Waals surface area contributed by atoms with E-state index >= 15 is 0 Å². The first-order chi connectivity index (χ1) is 32.5. The molecule has 0 heterocycles. The lowest BCUT2D eigenvalue weighted by Gasteiger charge is -2.34. The zero-order valence-corrected chi connectivity index (χ0v) is 38.1. The summed E-state index contributed by atoms with van der Waals surface area (Å²) in [5.74, 6) is 13.3. The van der Waals surface area contributed by atoms with Crippen LogP contribution in [0.1, 0.15) is 67.2 Å². The Labute approximate surface area is 392 Å². The molecule has 6 rings (SSSR count). The first-order valence-electron chi connectivity index (χ1n) is 22.7. The normalized spacial score (nSPS) is 12.6. The third-order valence-corrected chi connectivity index (χ3v) is 11.7. The Morgan fingerprint density at radius 1 is 0.424 bits per heavy atom. The Bertz CT molecular complexity index is 2320. The molecule has 8 heteroatoms. The smallest absolute Gasteiger partial charge is 0.127 e. The number of terminal acetylenes is 4. The van der Waals surface area contributed by atoms with Gasteiger partial charge in [0, 0.05) is 27.7 Å². The minimum absolute atomic E-state index is 0.203. The highest BCUT2D eigenvalue weighted by Gasteiger charge is 2.34. The molecule has 0 saturated heterocycles. The van der Waals surface area contributed by atoms with Crippen molar-refractivity contribution in [3.05, 3.63) is 131 Å². The van der Waals surface area contributed by atoms with Crippen LogP contribution in [-0.2, 0) is 24.4 Å². The van der Waals surface area contributed by atoms with Crippen LogP contribution in [0.15, 0.2) is 109 Å². The van der Waals surface area contributed by atoms with E-state index in [9.17, 15) is 0 Å². The second-order valence-corrected chi connectivity index (χ2v) is 15.9. The molecule has 0 unspecified atom stereocenters. The van der Waals surface area contributed by atoms with Crippen molar-refractivity contribution in [1.29, 1.82) is 0 Å². The lowest BCUT2D eigenvalue weighted by Crippen LogP contribution is -2.26. The average Bonchev–Trinajstić information content (AvgIpc) is 3.36. The van der Waals surface area contributed by atoms with Gasteiger partial charge >= 0.3 is 0 Å². The maximum absolute atomic E-state index is 6.47. The summed E-state index contributed by atoms with van der Waals surface area (Å²) in [5.41, 5.74) is 7.28. The van der Waals surface area contributed by atoms with Gasteiger partial charge in [0.1, 0.15) is 75.9 Å². The SMILES string of the molecule is C#CCOCCOc1ccccc1-c1cc(C(C)(c2ccc(C3CCCCC3)cc2)c2ccc(OCCOCC#C)c(-c3ccccc3OCCOCC#C)c2)ccc1OCCOCC#C. The third kappa shape index (κ3) is 13.2. The molecule has 0 aromatic heterocycles. The van der Waals surface area contributed by atoms with Crippen molar-refractivity contribution in [2.24, 2.45) is 0 Å². The van der Waals surface area contributed by atoms with Crippen molar-refractivity contribution in [1.82, 2.24) is 0 Å². The van der Waals surface area contributed by atoms with Gasteiger partial charge in [-0.15, -0.1) is 25.7 Å². The highest BCUT2D eigenvalue weighted by molar-refractivity contribution is 5.79. The minimum atomic E-state index is -0.713. The molecule has 0 bridgehead atoms. The molecule has 0 spiro atoms. The molecule has 0 atom stereocenters. The van der Waals surface area contributed by atoms with Gasteiger partial charge in [-0.3, -0.25) is 0 Å². The standard InChI is InChI=1S/C58H60O8/c1-6-31-59-35-39-63-54-21-15-13-19-50(54)52-43-48(27-29-56(52)65-41-37-61-33-8-3)58(5,47-25-23-46(24-26-47)45-17-11-10-12-18-45)49-28-30-57(66-42-38-62-34-9-4)53(44-49)51-20-14-16-22-55(51)64-40-36-60-32-7-2/h1-4,13-16,19-30,43-45H,10-12,17-18,31-42H2,5H3. The van der Waals surface area contributed by atoms with Gasteiger partial charge < -0.3 is 37.9 Å². The van der Waals surface area contributed by atoms with Gasteiger partial charge in [-0.1, -0.05) is 116 Å². The van der Waals surface area contributed by atoms with E-state index in [4.69, 9.17) is 63.6 Å². The zero-order valence-electron chi connectivity index (χ0n) is 38.1. The van der Waals surface area contributed by atoms with Crippen LogP contribution in [0.25, 0.3) is 22.3 Å². The van der Waals surface area contributed by atoms with Crippen LogP contribution in [0.2, 0.25) is 0 Å². The number of ether oxygens (including phenoxy) is 8. The second-order valence-electron chi connectivity index (χ2n) is 15.9. The number of hydrogen-bond acceptors (Lipinski definition) is 8. The third-order valence-electron chi connectivity index (χ3n) is 11.7. The molecule has 0 N–H and O–H groups in total. The van der Waals surface area contributed by atoms with Gasteiger partial charge in [0.05, 0.1) is 26.4 Å². The first-order valence-corrected chi connectivity index (χ1v) is 22.7. The molecule has 66 heavy (non-hydrogen) atoms. The van der Waals surface area contributed by atoms with Gasteiger partial charge in [0.15, 0.2) is 0 Å². The molecule has 1 aliphatic carbocycles. The van der Waals surface area contributed by atoms with Crippen molar-refractivity contribution in [3.63, 3.8) is 0 Å². The van der Waals surface area contributed by atoms with E-state index in [1.807, 2.05) is 60.7 Å². The summed E-state index contributed by atoms with van der Waals surface area (Å²) in [6.45, 7) is 5.68. The second kappa shape index (κ2) is 26.4. The molecule has 5 aromatic rings. The van der Waals surface area contributed by atoms with E-state index in [-0.39, 0.29) is 26.4 Å². The van der Waals surface area contributed by atoms with Crippen LogP contribution < -0.4 is 18.9 Å². The van der Waals surface area contributed by atoms with Crippen molar-refractivity contribution >= 4 is 0 Å². The molecular weight excluding hydrogens is 825 g/mol. The predicted molar refractivity (Wildman–Crippen MR) is 262 cm³/mol. The Morgan fingerprint density at radius 3 is 1.18 bits per heavy atom. The topological polar surface area (TPSA) is 73.8 Å². The summed E-state index contributed by atoms with van der Waals surface area (Å²) in [6, 6.07) is 37.9. The van der Waals surface area contributed by atoms with E-state index in [0.717, 1.165) is 38.9 Å². The molecule has 1 saturated carbocycles. The van der Waals surface area contributed by atoms with Gasteiger partial charge in [-0.2, -0.15) is 0 Å². The van der Waals surface area contributed by atoms with Crippen LogP contribution in [0, 0.1) is 49.4 Å². The Hall–Kier alpha value is -6.62. The molecule has 0 aliphatic heterocycles. The summed E-state index contributed by atoms with van der Waals surface area (Å²) < 4.78 is 47.9. The van der Waals surface area contributed by atoms with Crippen LogP contribution in [0.4, 0.5) is 0 Å². The van der Waals surface area contributed by atoms with Gasteiger partial charge in [-0.25, -0.2) is 0 Å². The summed E-state index contributed by atoms with van der Waals surface area (Å²) in [6.07, 6.45) is 28.0. The largest absolute Gasteiger partial charge is 0.491 e. The minimum Gasteiger partial charge on any atom is -0.491 e. The molecular formula is C58H60O8. The Kier molecular flexibility index (Phi) is 19.5. The lowest BCUT2D eigenvalue weighted by molar-refractivity contribution is 0.124. The maximum Gasteiger partial charge on any atom is 0.127 e. The van der Waals surface area contributed by atoms with Gasteiger partial charge in [0.25, 0.3) is 0 Å². The average molecular weight is 885 g/mol. The lowest BCUT2D eigenvalue weighted by atomic mass is 9.69. The molecule has 1 aliphatic rings. The number of benzene rings is 5. The first kappa shape index (κ1) is 48.8. The maximum atomic E-state index is 6.47. The molecule has 8 nitrogen and oxygen atoms in total. The summed E-state index contributed by atoms with van der Waals surface area (Å²) in [5, 5.41) is 0. The van der Waals surface area contributed by atoms with Crippen molar-refractivity contribution in [2.45, 2.75) is 50.4 Å². The van der Waals surface area contributed by atoms with Crippen molar-refractivity contribution < 1.29 is 37.9 Å². The van der Waals surface area contributed by atoms with E-state index in [2.05, 4.69) is 79.1 Å². The van der Waals surface area contributed by atoms with E-state index in [0.29, 0.717) is 81.8 Å². The predicted octanol–water partition coefficient (Wildman–Crippen LogP) is 10.5. The number of hydrogen-bond donors (Lipinski definition) is 0. The number of rotatable bonds is 26. The summed E-state index contributed by atoms with van der Waals surface area (Å²) in [7, 11) is 0. The molecule has 340 valence electrons. The van der Waals surface area contributed by atoms with Crippen LogP contribution in [0.3, 0.4) is 0 Å². The van der Waals surface area contributed by atoms with Crippen LogP contribution in [-0.4, -0.2) is 79.3 Å². The van der Waals surface area contributed by atoms with E-state index in [1.54, 1.807) is 0 Å². The zero-order chi connectivity index (χ0) is 46.2. The molecule has 0 amide bonds. The van der Waals surface area contributed by atoms with Crippen molar-refractivity contribution in [2.75, 3.05) is 79.3 Å². The summed E-state index contributed by atoms with van der Waals surface area (Å²) in [4.78, 5) is 0. The van der Waals surface area contributed by atoms with E-state index < -0.39 is 5.41 Å². The van der Waals surface area contributed by atoms with Crippen LogP contribution >= 0.6 is 0 Å². The summed E-state index contributed by atoms with van der Waals surface area (Å²) >= 11 is 0. The van der Waals surface area contributed by atoms with Crippen molar-refractivity contribution in [3.8, 4) is 94.6 Å². The van der Waals surface area contributed by atoms with E-state index in [1.165, 1.54) is 37.7 Å². The quantitative estimate of drug-likeness (QED) is 0.0309. The molecule has 1 fully saturated rings.